The van der Waals surface area contributed by atoms with Crippen LogP contribution in [0, 0.1) is 0 Å². The molecule has 0 spiro atoms. The van der Waals surface area contributed by atoms with E-state index in [4.69, 9.17) is 13.9 Å². The Balaban J connectivity index is 1.37. The van der Waals surface area contributed by atoms with Gasteiger partial charge < -0.3 is 19.2 Å². The zero-order valence-electron chi connectivity index (χ0n) is 23.0. The minimum Gasteiger partial charge on any atom is -0.457 e. The molecule has 0 unspecified atom stereocenters. The van der Waals surface area contributed by atoms with E-state index in [1.54, 1.807) is 24.3 Å². The molecule has 0 saturated heterocycles. The van der Waals surface area contributed by atoms with Crippen LogP contribution in [0.5, 0.6) is 5.75 Å². The van der Waals surface area contributed by atoms with Crippen molar-refractivity contribution in [1.82, 2.24) is 0 Å². The first-order valence-corrected chi connectivity index (χ1v) is 13.9. The van der Waals surface area contributed by atoms with Gasteiger partial charge in [-0.15, -0.1) is 0 Å². The number of hydrogen-bond donors (Lipinski definition) is 1. The number of hydrogen-bond acceptors (Lipinski definition) is 7. The third-order valence-electron chi connectivity index (χ3n) is 6.33. The predicted octanol–water partition coefficient (Wildman–Crippen LogP) is 7.40. The molecule has 0 aliphatic rings. The number of amides is 1. The third kappa shape index (κ3) is 10.5. The molecule has 40 heavy (non-hydrogen) atoms. The molecular weight excluding hydrogens is 510 g/mol. The summed E-state index contributed by atoms with van der Waals surface area (Å²) >= 11 is 0. The van der Waals surface area contributed by atoms with E-state index in [2.05, 4.69) is 12.2 Å². The summed E-state index contributed by atoms with van der Waals surface area (Å²) < 4.78 is 15.4. The second kappa shape index (κ2) is 16.7. The molecule has 212 valence electrons. The van der Waals surface area contributed by atoms with Crippen molar-refractivity contribution in [2.75, 3.05) is 11.9 Å². The molecule has 0 aliphatic carbocycles. The normalized spacial score (nSPS) is 10.6. The fraction of sp³-hybridized carbons (Fsp3) is 0.375. The van der Waals surface area contributed by atoms with Crippen LogP contribution in [-0.4, -0.2) is 30.2 Å². The average Bonchev–Trinajstić information content (AvgIpc) is 3.51. The molecule has 1 aromatic heterocycles. The van der Waals surface area contributed by atoms with E-state index in [9.17, 15) is 19.2 Å². The number of rotatable bonds is 17. The Labute approximate surface area is 235 Å². The molecule has 0 bridgehead atoms. The standard InChI is InChI=1S/C32H37NO7/c1-2-3-4-5-6-7-8-9-10-16-30(35)33-26-14-11-13-25(22-26)31(36)39-23-28(34)24-17-19-27(20-18-24)40-32(37)29-15-12-21-38-29/h11-15,17-22H,2-10,16,23H2,1H3,(H,33,35). The molecule has 1 heterocycles. The summed E-state index contributed by atoms with van der Waals surface area (Å²) in [6.07, 6.45) is 12.4. The summed E-state index contributed by atoms with van der Waals surface area (Å²) in [5, 5.41) is 2.83. The van der Waals surface area contributed by atoms with E-state index < -0.39 is 24.3 Å². The number of anilines is 1. The Kier molecular flexibility index (Phi) is 12.7. The largest absolute Gasteiger partial charge is 0.457 e. The van der Waals surface area contributed by atoms with Crippen LogP contribution in [0.1, 0.15) is 102 Å². The van der Waals surface area contributed by atoms with Gasteiger partial charge in [0.2, 0.25) is 11.7 Å². The van der Waals surface area contributed by atoms with Gasteiger partial charge in [-0.05, 0) is 61.0 Å². The summed E-state index contributed by atoms with van der Waals surface area (Å²) in [7, 11) is 0. The fourth-order valence-electron chi connectivity index (χ4n) is 4.10. The second-order valence-corrected chi connectivity index (χ2v) is 9.60. The van der Waals surface area contributed by atoms with Crippen LogP contribution in [-0.2, 0) is 9.53 Å². The molecule has 0 aliphatic heterocycles. The highest BCUT2D eigenvalue weighted by Gasteiger charge is 2.15. The Bertz CT molecular complexity index is 1230. The van der Waals surface area contributed by atoms with E-state index in [1.165, 1.54) is 81.2 Å². The van der Waals surface area contributed by atoms with Crippen LogP contribution >= 0.6 is 0 Å². The maximum absolute atomic E-state index is 12.5. The van der Waals surface area contributed by atoms with Gasteiger partial charge in [0.15, 0.2) is 12.4 Å². The number of benzene rings is 2. The SMILES string of the molecule is CCCCCCCCCCCC(=O)Nc1cccc(C(=O)OCC(=O)c2ccc(OC(=O)c3ccco3)cc2)c1. The minimum atomic E-state index is -0.674. The summed E-state index contributed by atoms with van der Waals surface area (Å²) in [5.74, 6) is -1.53. The first-order chi connectivity index (χ1) is 19.5. The first-order valence-electron chi connectivity index (χ1n) is 13.9. The van der Waals surface area contributed by atoms with E-state index in [0.29, 0.717) is 17.7 Å². The first kappa shape index (κ1) is 30.3. The third-order valence-corrected chi connectivity index (χ3v) is 6.33. The van der Waals surface area contributed by atoms with E-state index in [0.717, 1.165) is 19.3 Å². The summed E-state index contributed by atoms with van der Waals surface area (Å²) in [4.78, 5) is 49.2. The quantitative estimate of drug-likeness (QED) is 0.0811. The highest BCUT2D eigenvalue weighted by molar-refractivity contribution is 6.00. The van der Waals surface area contributed by atoms with E-state index in [-0.39, 0.29) is 23.0 Å². The number of Topliss-reactive ketones (excluding diaryl/α,β-unsaturated/α-hetero) is 1. The van der Waals surface area contributed by atoms with Gasteiger partial charge in [-0.2, -0.15) is 0 Å². The number of nitrogens with one attached hydrogen (secondary N) is 1. The summed E-state index contributed by atoms with van der Waals surface area (Å²) in [6, 6.07) is 15.4. The van der Waals surface area contributed by atoms with Crippen LogP contribution in [0.2, 0.25) is 0 Å². The fourth-order valence-corrected chi connectivity index (χ4v) is 4.10. The van der Waals surface area contributed by atoms with Crippen molar-refractivity contribution in [3.8, 4) is 5.75 Å². The molecule has 0 radical (unpaired) electrons. The van der Waals surface area contributed by atoms with E-state index >= 15 is 0 Å². The van der Waals surface area contributed by atoms with Crippen molar-refractivity contribution in [1.29, 1.82) is 0 Å². The van der Waals surface area contributed by atoms with Gasteiger partial charge in [-0.3, -0.25) is 9.59 Å². The van der Waals surface area contributed by atoms with Gasteiger partial charge >= 0.3 is 11.9 Å². The number of carbonyl (C=O) groups is 4. The molecule has 0 atom stereocenters. The Morgan fingerprint density at radius 2 is 1.45 bits per heavy atom. The number of esters is 2. The van der Waals surface area contributed by atoms with Gasteiger partial charge in [0, 0.05) is 17.7 Å². The molecular formula is C32H37NO7. The van der Waals surface area contributed by atoms with Gasteiger partial charge in [0.1, 0.15) is 5.75 Å². The highest BCUT2D eigenvalue weighted by Crippen LogP contribution is 2.17. The second-order valence-electron chi connectivity index (χ2n) is 9.60. The Hall–Kier alpha value is -4.20. The summed E-state index contributed by atoms with van der Waals surface area (Å²) in [6.45, 7) is 1.76. The van der Waals surface area contributed by atoms with Gasteiger partial charge in [0.05, 0.1) is 11.8 Å². The Morgan fingerprint density at radius 3 is 2.12 bits per heavy atom. The monoisotopic (exact) mass is 547 g/mol. The van der Waals surface area contributed by atoms with Crippen LogP contribution in [0.25, 0.3) is 0 Å². The van der Waals surface area contributed by atoms with Crippen molar-refractivity contribution in [2.45, 2.75) is 71.1 Å². The van der Waals surface area contributed by atoms with Crippen LogP contribution in [0.15, 0.2) is 71.3 Å². The molecule has 8 heteroatoms. The molecule has 0 fully saturated rings. The van der Waals surface area contributed by atoms with Crippen molar-refractivity contribution in [2.24, 2.45) is 0 Å². The lowest BCUT2D eigenvalue weighted by Gasteiger charge is -2.08. The molecule has 1 amide bonds. The van der Waals surface area contributed by atoms with E-state index in [1.807, 2.05) is 0 Å². The minimum absolute atomic E-state index is 0.0644. The van der Waals surface area contributed by atoms with Crippen LogP contribution in [0.4, 0.5) is 5.69 Å². The maximum atomic E-state index is 12.5. The van der Waals surface area contributed by atoms with Crippen molar-refractivity contribution < 1.29 is 33.1 Å². The van der Waals surface area contributed by atoms with Crippen molar-refractivity contribution in [3.05, 3.63) is 83.8 Å². The molecule has 1 N–H and O–H groups in total. The van der Waals surface area contributed by atoms with Crippen molar-refractivity contribution >= 4 is 29.3 Å². The molecule has 2 aromatic carbocycles. The highest BCUT2D eigenvalue weighted by atomic mass is 16.5. The smallest absolute Gasteiger partial charge is 0.379 e. The number of ether oxygens (including phenoxy) is 2. The van der Waals surface area contributed by atoms with Crippen LogP contribution < -0.4 is 10.1 Å². The zero-order valence-corrected chi connectivity index (χ0v) is 23.0. The average molecular weight is 548 g/mol. The number of carbonyl (C=O) groups excluding carboxylic acids is 4. The Morgan fingerprint density at radius 1 is 0.750 bits per heavy atom. The number of furan rings is 1. The topological polar surface area (TPSA) is 112 Å². The molecule has 3 rings (SSSR count). The van der Waals surface area contributed by atoms with Gasteiger partial charge in [-0.1, -0.05) is 64.4 Å². The lowest BCUT2D eigenvalue weighted by molar-refractivity contribution is -0.116. The lowest BCUT2D eigenvalue weighted by Crippen LogP contribution is -2.15. The maximum Gasteiger partial charge on any atom is 0.379 e. The summed E-state index contributed by atoms with van der Waals surface area (Å²) in [5.41, 5.74) is 1.03. The lowest BCUT2D eigenvalue weighted by atomic mass is 10.1. The van der Waals surface area contributed by atoms with Crippen LogP contribution in [0.3, 0.4) is 0 Å². The zero-order chi connectivity index (χ0) is 28.6. The molecule has 8 nitrogen and oxygen atoms in total. The predicted molar refractivity (Wildman–Crippen MR) is 152 cm³/mol. The van der Waals surface area contributed by atoms with Gasteiger partial charge in [0.25, 0.3) is 0 Å². The van der Waals surface area contributed by atoms with Crippen molar-refractivity contribution in [3.63, 3.8) is 0 Å². The van der Waals surface area contributed by atoms with Gasteiger partial charge in [-0.25, -0.2) is 9.59 Å². The number of unbranched alkanes of at least 4 members (excludes halogenated alkanes) is 8. The number of ketones is 1. The molecule has 0 saturated carbocycles. The molecule has 3 aromatic rings.